The number of fused-ring (bicyclic) bond motifs is 20. The summed E-state index contributed by atoms with van der Waals surface area (Å²) < 4.78 is 0. The lowest BCUT2D eigenvalue weighted by atomic mass is 10.1. The van der Waals surface area contributed by atoms with Crippen LogP contribution in [-0.4, -0.2) is 55.2 Å². The number of aromatic amines is 2. The molecule has 10 heteroatoms. The number of H-pyrrole nitrogens is 2. The van der Waals surface area contributed by atoms with Crippen molar-refractivity contribution in [3.05, 3.63) is 97.1 Å². The van der Waals surface area contributed by atoms with Crippen molar-refractivity contribution < 1.29 is 0 Å². The molecule has 8 nitrogen and oxygen atoms in total. The lowest BCUT2D eigenvalue weighted by Crippen LogP contribution is -1.82. The van der Waals surface area contributed by atoms with Gasteiger partial charge in [-0.15, -0.1) is 0 Å². The minimum Gasteiger partial charge on any atom is -0.324 e. The van der Waals surface area contributed by atoms with E-state index >= 15 is 0 Å². The van der Waals surface area contributed by atoms with E-state index in [2.05, 4.69) is 20.0 Å². The van der Waals surface area contributed by atoms with E-state index in [1.165, 1.54) is 0 Å². The Morgan fingerprint density at radius 1 is 0.357 bits per heavy atom. The molecule has 2 radical (unpaired) electrons. The van der Waals surface area contributed by atoms with Gasteiger partial charge in [0.25, 0.3) is 15.4 Å². The van der Waals surface area contributed by atoms with Crippen molar-refractivity contribution in [1.82, 2.24) is 39.9 Å². The SMILES string of the molecule is [Al][Cl].c1ccc2c(c1)-c1nc-2nc2[nH]c(nc3nc(nc4[nH]c(n1)c1ccccc41)-c1ccccc1-3)c1ccccc21. The Balaban J connectivity index is 0.00000131. The van der Waals surface area contributed by atoms with E-state index in [9.17, 15) is 0 Å². The number of aromatic nitrogens is 8. The molecule has 3 aromatic heterocycles. The molecule has 0 unspecified atom stereocenters. The molecule has 196 valence electrons. The van der Waals surface area contributed by atoms with Gasteiger partial charge in [-0.05, 0) is 0 Å². The average Bonchev–Trinajstić information content (AvgIpc) is 3.78. The first-order valence-corrected chi connectivity index (χ1v) is 15.0. The van der Waals surface area contributed by atoms with Crippen LogP contribution < -0.4 is 0 Å². The Morgan fingerprint density at radius 3 is 0.857 bits per heavy atom. The molecule has 0 aliphatic carbocycles. The second kappa shape index (κ2) is 9.86. The van der Waals surface area contributed by atoms with E-state index in [4.69, 9.17) is 29.9 Å². The van der Waals surface area contributed by atoms with Crippen LogP contribution in [0.3, 0.4) is 0 Å². The maximum atomic E-state index is 5.02. The molecule has 2 aliphatic rings. The van der Waals surface area contributed by atoms with Crippen LogP contribution in [0.1, 0.15) is 0 Å². The van der Waals surface area contributed by atoms with Gasteiger partial charge in [-0.1, -0.05) is 97.1 Å². The normalized spacial score (nSPS) is 11.5. The van der Waals surface area contributed by atoms with Crippen LogP contribution in [0.15, 0.2) is 97.1 Å². The third-order valence-electron chi connectivity index (χ3n) is 7.46. The quantitative estimate of drug-likeness (QED) is 0.185. The molecule has 2 aliphatic heterocycles. The lowest BCUT2D eigenvalue weighted by Gasteiger charge is -1.96. The number of benzene rings is 4. The number of hydrogen-bond acceptors (Lipinski definition) is 6. The van der Waals surface area contributed by atoms with Gasteiger partial charge in [-0.25, -0.2) is 29.9 Å². The first-order valence-electron chi connectivity index (χ1n) is 13.2. The van der Waals surface area contributed by atoms with Crippen molar-refractivity contribution in [2.75, 3.05) is 0 Å². The Bertz CT molecular complexity index is 2040. The van der Waals surface area contributed by atoms with E-state index in [-0.39, 0.29) is 0 Å². The van der Waals surface area contributed by atoms with Crippen LogP contribution in [0.2, 0.25) is 0 Å². The predicted octanol–water partition coefficient (Wildman–Crippen LogP) is 7.18. The summed E-state index contributed by atoms with van der Waals surface area (Å²) in [5.41, 5.74) is 6.45. The average molecular weight is 577 g/mol. The van der Waals surface area contributed by atoms with Gasteiger partial charge >= 0.3 is 0 Å². The largest absolute Gasteiger partial charge is 0.324 e. The van der Waals surface area contributed by atoms with E-state index in [1.807, 2.05) is 112 Å². The second-order valence-electron chi connectivity index (χ2n) is 9.79. The highest BCUT2D eigenvalue weighted by Crippen LogP contribution is 2.36. The molecule has 0 spiro atoms. The van der Waals surface area contributed by atoms with Gasteiger partial charge in [0.15, 0.2) is 23.3 Å². The molecule has 9 rings (SSSR count). The molecule has 0 amide bonds. The Kier molecular flexibility index (Phi) is 5.83. The smallest absolute Gasteiger partial charge is 0.293 e. The summed E-state index contributed by atoms with van der Waals surface area (Å²) in [6.07, 6.45) is 0. The highest BCUT2D eigenvalue weighted by Gasteiger charge is 2.21. The number of nitrogens with zero attached hydrogens (tertiary/aromatic N) is 6. The van der Waals surface area contributed by atoms with E-state index in [0.717, 1.165) is 43.8 Å². The predicted molar refractivity (Wildman–Crippen MR) is 168 cm³/mol. The molecule has 0 fully saturated rings. The molecule has 4 aromatic carbocycles. The van der Waals surface area contributed by atoms with E-state index < -0.39 is 0 Å². The fourth-order valence-electron chi connectivity index (χ4n) is 5.59. The van der Waals surface area contributed by atoms with Crippen LogP contribution in [0.5, 0.6) is 0 Å². The zero-order valence-electron chi connectivity index (χ0n) is 21.9. The minimum atomic E-state index is 0.597. The molecule has 2 N–H and O–H groups in total. The molecule has 5 heterocycles. The van der Waals surface area contributed by atoms with Crippen LogP contribution in [0.25, 0.3) is 89.7 Å². The van der Waals surface area contributed by atoms with Crippen LogP contribution in [-0.2, 0) is 0 Å². The Morgan fingerprint density at radius 2 is 0.595 bits per heavy atom. The fraction of sp³-hybridized carbons (Fsp3) is 0. The number of halogens is 1. The highest BCUT2D eigenvalue weighted by molar-refractivity contribution is 6.80. The third-order valence-corrected chi connectivity index (χ3v) is 7.46. The summed E-state index contributed by atoms with van der Waals surface area (Å²) in [6, 6.07) is 32.2. The van der Waals surface area contributed by atoms with Crippen molar-refractivity contribution in [2.24, 2.45) is 0 Å². The van der Waals surface area contributed by atoms with Crippen LogP contribution in [0, 0.1) is 0 Å². The van der Waals surface area contributed by atoms with Crippen LogP contribution in [0.4, 0.5) is 0 Å². The zero-order chi connectivity index (χ0) is 28.2. The maximum absolute atomic E-state index is 5.02. The number of rotatable bonds is 0. The van der Waals surface area contributed by atoms with Crippen molar-refractivity contribution in [1.29, 1.82) is 0 Å². The standard InChI is InChI=1S/C32H18N8.Al.ClH/c1-2-10-18-17(9-1)25-33-26(18)38-28-21-13-5-6-14-22(21)30(35-28)40-32-24-16-8-7-15-23(24)31(36-32)39-29-20-12-4-3-11-19(20)27(34-29)37-25;;/h1-16H,(H2,33,34,35,36,37,38,39,40);;1H/q;+1;/p-1. The summed E-state index contributed by atoms with van der Waals surface area (Å²) in [5, 5.41) is 3.82. The summed E-state index contributed by atoms with van der Waals surface area (Å²) in [5.74, 6) is 2.39. The van der Waals surface area contributed by atoms with Gasteiger partial charge in [0.1, 0.15) is 22.6 Å². The van der Waals surface area contributed by atoms with Crippen molar-refractivity contribution in [3.63, 3.8) is 0 Å². The monoisotopic (exact) mass is 576 g/mol. The molecule has 0 saturated carbocycles. The van der Waals surface area contributed by atoms with Crippen molar-refractivity contribution in [2.45, 2.75) is 0 Å². The van der Waals surface area contributed by atoms with Crippen molar-refractivity contribution in [3.8, 4) is 45.6 Å². The molecular formula is C32H18AlClN8. The highest BCUT2D eigenvalue weighted by atomic mass is 35.6. The van der Waals surface area contributed by atoms with Gasteiger partial charge in [0, 0.05) is 43.8 Å². The Hall–Kier alpha value is -4.94. The summed E-state index contributed by atoms with van der Waals surface area (Å²) in [4.78, 5) is 36.8. The van der Waals surface area contributed by atoms with E-state index in [1.54, 1.807) is 0 Å². The van der Waals surface area contributed by atoms with Gasteiger partial charge < -0.3 is 9.97 Å². The fourth-order valence-corrected chi connectivity index (χ4v) is 5.59. The molecule has 0 atom stereocenters. The summed E-state index contributed by atoms with van der Waals surface area (Å²) in [6.45, 7) is 0. The van der Waals surface area contributed by atoms with E-state index in [0.29, 0.717) is 45.9 Å². The molecular weight excluding hydrogens is 559 g/mol. The first-order chi connectivity index (χ1) is 20.8. The van der Waals surface area contributed by atoms with Gasteiger partial charge in [-0.2, -0.15) is 0 Å². The van der Waals surface area contributed by atoms with Crippen molar-refractivity contribution >= 4 is 69.6 Å². The number of nitrogens with one attached hydrogen (secondary N) is 2. The minimum absolute atomic E-state index is 0.597. The summed E-state index contributed by atoms with van der Waals surface area (Å²) >= 11 is 1.89. The van der Waals surface area contributed by atoms with Crippen LogP contribution >= 0.6 is 10.0 Å². The third kappa shape index (κ3) is 3.83. The second-order valence-corrected chi connectivity index (χ2v) is 9.79. The number of hydrogen-bond donors (Lipinski definition) is 2. The first kappa shape index (κ1) is 24.8. The maximum Gasteiger partial charge on any atom is 0.293 e. The zero-order valence-corrected chi connectivity index (χ0v) is 23.8. The molecule has 8 bridgehead atoms. The van der Waals surface area contributed by atoms with Gasteiger partial charge in [-0.3, -0.25) is 10.0 Å². The topological polar surface area (TPSA) is 109 Å². The lowest BCUT2D eigenvalue weighted by molar-refractivity contribution is 1.19. The molecule has 0 saturated heterocycles. The summed E-state index contributed by atoms with van der Waals surface area (Å²) in [7, 11) is 4.56. The Labute approximate surface area is 251 Å². The van der Waals surface area contributed by atoms with Gasteiger partial charge in [0.2, 0.25) is 0 Å². The molecule has 42 heavy (non-hydrogen) atoms. The molecule has 7 aromatic rings. The van der Waals surface area contributed by atoms with Gasteiger partial charge in [0.05, 0.1) is 0 Å².